The third kappa shape index (κ3) is 3.22. The van der Waals surface area contributed by atoms with E-state index in [9.17, 15) is 19.2 Å². The van der Waals surface area contributed by atoms with Crippen molar-refractivity contribution < 1.29 is 19.2 Å². The first-order chi connectivity index (χ1) is 13.0. The van der Waals surface area contributed by atoms with Gasteiger partial charge in [0.1, 0.15) is 5.54 Å². The number of carbonyl (C=O) groups is 4. The lowest BCUT2D eigenvalue weighted by atomic mass is 9.90. The van der Waals surface area contributed by atoms with Crippen molar-refractivity contribution >= 4 is 29.3 Å². The molecular weight excluding hydrogens is 346 g/mol. The molecule has 1 saturated heterocycles. The Morgan fingerprint density at radius 3 is 2.52 bits per heavy atom. The summed E-state index contributed by atoms with van der Waals surface area (Å²) < 4.78 is 0. The zero-order valence-corrected chi connectivity index (χ0v) is 15.2. The second kappa shape index (κ2) is 6.79. The van der Waals surface area contributed by atoms with Crippen LogP contribution in [0.5, 0.6) is 0 Å². The van der Waals surface area contributed by atoms with Gasteiger partial charge in [-0.3, -0.25) is 19.3 Å². The predicted molar refractivity (Wildman–Crippen MR) is 98.4 cm³/mol. The van der Waals surface area contributed by atoms with Gasteiger partial charge in [0.25, 0.3) is 5.91 Å². The van der Waals surface area contributed by atoms with Crippen molar-refractivity contribution in [2.45, 2.75) is 56.9 Å². The average molecular weight is 369 g/mol. The molecule has 1 aromatic carbocycles. The van der Waals surface area contributed by atoms with Gasteiger partial charge >= 0.3 is 6.03 Å². The highest BCUT2D eigenvalue weighted by atomic mass is 16.2. The van der Waals surface area contributed by atoms with Crippen molar-refractivity contribution in [3.05, 3.63) is 29.3 Å². The number of rotatable bonds is 3. The molecule has 1 aromatic rings. The summed E-state index contributed by atoms with van der Waals surface area (Å²) in [6, 6.07) is 4.61. The molecule has 2 fully saturated rings. The Morgan fingerprint density at radius 2 is 1.78 bits per heavy atom. The Labute approximate surface area is 157 Å². The molecule has 0 radical (unpaired) electrons. The van der Waals surface area contributed by atoms with E-state index in [4.69, 9.17) is 0 Å². The summed E-state index contributed by atoms with van der Waals surface area (Å²) in [7, 11) is 0. The summed E-state index contributed by atoms with van der Waals surface area (Å²) >= 11 is 0. The van der Waals surface area contributed by atoms with Gasteiger partial charge in [0.05, 0.1) is 6.54 Å². The molecule has 0 atom stereocenters. The van der Waals surface area contributed by atoms with Gasteiger partial charge in [0, 0.05) is 17.7 Å². The van der Waals surface area contributed by atoms with Crippen LogP contribution in [0.2, 0.25) is 0 Å². The summed E-state index contributed by atoms with van der Waals surface area (Å²) in [5.41, 5.74) is 1.24. The highest BCUT2D eigenvalue weighted by molar-refractivity contribution is 6.11. The number of nitrogens with zero attached hydrogens (tertiary/aromatic N) is 1. The number of Topliss-reactive ketones (excluding diaryl/α,β-unsaturated/α-hetero) is 1. The van der Waals surface area contributed by atoms with E-state index in [0.717, 1.165) is 41.8 Å². The minimum atomic E-state index is -0.825. The van der Waals surface area contributed by atoms with Crippen LogP contribution in [0.3, 0.4) is 0 Å². The van der Waals surface area contributed by atoms with E-state index in [1.807, 2.05) is 0 Å². The van der Waals surface area contributed by atoms with Crippen molar-refractivity contribution in [2.75, 3.05) is 11.9 Å². The van der Waals surface area contributed by atoms with E-state index in [1.54, 1.807) is 18.2 Å². The fourth-order valence-electron chi connectivity index (χ4n) is 4.28. The highest BCUT2D eigenvalue weighted by Crippen LogP contribution is 2.33. The first-order valence-corrected chi connectivity index (χ1v) is 9.59. The molecule has 2 heterocycles. The molecule has 7 heteroatoms. The van der Waals surface area contributed by atoms with Crippen LogP contribution in [0.4, 0.5) is 10.5 Å². The standard InChI is InChI=1S/C20H23N3O4/c24-16(14-5-7-15-13(11-14)6-8-17(25)21-15)12-23-18(26)20(22-19(23)27)9-3-1-2-4-10-20/h5,7,11H,1-4,6,8-10,12H2,(H,21,25)(H,22,27). The van der Waals surface area contributed by atoms with Gasteiger partial charge in [0.15, 0.2) is 5.78 Å². The second-order valence-corrected chi connectivity index (χ2v) is 7.66. The molecule has 4 amide bonds. The number of hydrogen-bond acceptors (Lipinski definition) is 4. The van der Waals surface area contributed by atoms with Crippen molar-refractivity contribution in [1.82, 2.24) is 10.2 Å². The maximum absolute atomic E-state index is 12.9. The lowest BCUT2D eigenvalue weighted by Crippen LogP contribution is -2.46. The van der Waals surface area contributed by atoms with E-state index >= 15 is 0 Å². The molecule has 4 rings (SSSR count). The molecule has 1 aliphatic carbocycles. The van der Waals surface area contributed by atoms with E-state index in [1.165, 1.54) is 0 Å². The van der Waals surface area contributed by atoms with E-state index in [0.29, 0.717) is 31.2 Å². The van der Waals surface area contributed by atoms with Gasteiger partial charge in [-0.25, -0.2) is 4.79 Å². The number of urea groups is 1. The first-order valence-electron chi connectivity index (χ1n) is 9.59. The monoisotopic (exact) mass is 369 g/mol. The molecule has 2 N–H and O–H groups in total. The number of anilines is 1. The summed E-state index contributed by atoms with van der Waals surface area (Å²) in [5, 5.41) is 5.64. The Hall–Kier alpha value is -2.70. The average Bonchev–Trinajstić information content (AvgIpc) is 2.83. The molecule has 27 heavy (non-hydrogen) atoms. The normalized spacial score (nSPS) is 21.5. The quantitative estimate of drug-likeness (QED) is 0.632. The summed E-state index contributed by atoms with van der Waals surface area (Å²) in [5.74, 6) is -0.577. The SMILES string of the molecule is O=C1CCc2cc(C(=O)CN3C(=O)NC4(CCCCCC4)C3=O)ccc2N1. The van der Waals surface area contributed by atoms with Crippen molar-refractivity contribution in [1.29, 1.82) is 0 Å². The predicted octanol–water partition coefficient (Wildman–Crippen LogP) is 2.40. The van der Waals surface area contributed by atoms with Gasteiger partial charge in [-0.1, -0.05) is 25.7 Å². The van der Waals surface area contributed by atoms with Gasteiger partial charge in [-0.2, -0.15) is 0 Å². The molecule has 0 bridgehead atoms. The van der Waals surface area contributed by atoms with Crippen molar-refractivity contribution in [3.63, 3.8) is 0 Å². The van der Waals surface area contributed by atoms with Crippen LogP contribution in [0.25, 0.3) is 0 Å². The van der Waals surface area contributed by atoms with E-state index < -0.39 is 11.6 Å². The Bertz CT molecular complexity index is 825. The van der Waals surface area contributed by atoms with Gasteiger partial charge < -0.3 is 10.6 Å². The number of aryl methyl sites for hydroxylation is 1. The van der Waals surface area contributed by atoms with Crippen molar-refractivity contribution in [2.24, 2.45) is 0 Å². The third-order valence-corrected chi connectivity index (χ3v) is 5.83. The maximum Gasteiger partial charge on any atom is 0.325 e. The third-order valence-electron chi connectivity index (χ3n) is 5.83. The Morgan fingerprint density at radius 1 is 1.04 bits per heavy atom. The largest absolute Gasteiger partial charge is 0.326 e. The first kappa shape index (κ1) is 17.7. The molecule has 3 aliphatic rings. The molecule has 1 spiro atoms. The number of benzene rings is 1. The van der Waals surface area contributed by atoms with E-state index in [-0.39, 0.29) is 24.1 Å². The van der Waals surface area contributed by atoms with Crippen LogP contribution in [0.15, 0.2) is 18.2 Å². The topological polar surface area (TPSA) is 95.6 Å². The molecule has 2 aliphatic heterocycles. The van der Waals surface area contributed by atoms with Crippen molar-refractivity contribution in [3.8, 4) is 0 Å². The summed E-state index contributed by atoms with van der Waals surface area (Å²) in [6.45, 7) is -0.252. The zero-order valence-electron chi connectivity index (χ0n) is 15.2. The van der Waals surface area contributed by atoms with Crippen LogP contribution in [0, 0.1) is 0 Å². The number of nitrogens with one attached hydrogen (secondary N) is 2. The molecule has 7 nitrogen and oxygen atoms in total. The maximum atomic E-state index is 12.9. The number of imide groups is 1. The number of amides is 4. The zero-order chi connectivity index (χ0) is 19.0. The van der Waals surface area contributed by atoms with E-state index in [2.05, 4.69) is 10.6 Å². The number of carbonyl (C=O) groups excluding carboxylic acids is 4. The lowest BCUT2D eigenvalue weighted by Gasteiger charge is -2.24. The number of fused-ring (bicyclic) bond motifs is 1. The fourth-order valence-corrected chi connectivity index (χ4v) is 4.28. The minimum Gasteiger partial charge on any atom is -0.326 e. The van der Waals surface area contributed by atoms with Crippen LogP contribution in [0.1, 0.15) is 60.9 Å². The lowest BCUT2D eigenvalue weighted by molar-refractivity contribution is -0.131. The van der Waals surface area contributed by atoms with Crippen LogP contribution in [-0.4, -0.2) is 40.6 Å². The summed E-state index contributed by atoms with van der Waals surface area (Å²) in [4.78, 5) is 50.6. The smallest absolute Gasteiger partial charge is 0.325 e. The Kier molecular flexibility index (Phi) is 4.45. The second-order valence-electron chi connectivity index (χ2n) is 7.66. The molecule has 142 valence electrons. The fraction of sp³-hybridized carbons (Fsp3) is 0.500. The van der Waals surface area contributed by atoms with Crippen LogP contribution < -0.4 is 10.6 Å². The van der Waals surface area contributed by atoms with Gasteiger partial charge in [0.2, 0.25) is 5.91 Å². The number of ketones is 1. The van der Waals surface area contributed by atoms with Gasteiger partial charge in [-0.05, 0) is 43.0 Å². The molecular formula is C20H23N3O4. The Balaban J connectivity index is 1.50. The molecule has 1 saturated carbocycles. The minimum absolute atomic E-state index is 0.0328. The number of hydrogen-bond donors (Lipinski definition) is 2. The molecule has 0 unspecified atom stereocenters. The summed E-state index contributed by atoms with van der Waals surface area (Å²) in [6.07, 6.45) is 6.19. The van der Waals surface area contributed by atoms with Crippen LogP contribution >= 0.6 is 0 Å². The van der Waals surface area contributed by atoms with Gasteiger partial charge in [-0.15, -0.1) is 0 Å². The highest BCUT2D eigenvalue weighted by Gasteiger charge is 2.51. The molecule has 0 aromatic heterocycles. The van der Waals surface area contributed by atoms with Crippen LogP contribution in [-0.2, 0) is 16.0 Å².